The second-order valence-corrected chi connectivity index (χ2v) is 8.60. The van der Waals surface area contributed by atoms with E-state index in [-0.39, 0.29) is 24.3 Å². The summed E-state index contributed by atoms with van der Waals surface area (Å²) >= 11 is 3.09. The average Bonchev–Trinajstić information content (AvgIpc) is 3.43. The van der Waals surface area contributed by atoms with Crippen LogP contribution in [-0.2, 0) is 19.1 Å². The first kappa shape index (κ1) is 20.2. The lowest BCUT2D eigenvalue weighted by Gasteiger charge is -2.36. The fraction of sp³-hybridized carbons (Fsp3) is 0.450. The molecule has 0 saturated carbocycles. The molecule has 4 heterocycles. The van der Waals surface area contributed by atoms with Crippen LogP contribution in [-0.4, -0.2) is 60.3 Å². The molecular weight excluding hydrogens is 410 g/mol. The van der Waals surface area contributed by atoms with Crippen LogP contribution in [0.4, 0.5) is 0 Å². The molecule has 0 aliphatic carbocycles. The third kappa shape index (κ3) is 3.86. The highest BCUT2D eigenvalue weighted by Gasteiger charge is 2.42. The zero-order chi connectivity index (χ0) is 20.4. The number of aliphatic imine (C=N–C) groups is 1. The van der Waals surface area contributed by atoms with E-state index in [4.69, 9.17) is 14.5 Å². The molecule has 0 radical (unpaired) electrons. The Morgan fingerprint density at radius 1 is 1.34 bits per heavy atom. The van der Waals surface area contributed by atoms with E-state index >= 15 is 0 Å². The molecule has 0 spiro atoms. The van der Waals surface area contributed by atoms with E-state index in [0.717, 1.165) is 21.4 Å². The topological polar surface area (TPSA) is 71.4 Å². The SMILES string of the molecule is CCC1=C(C(=O)OC)[C@@H](c2cccs2)N2C(CC(=O)N3CCOCC3)=CSC2=N1. The number of hydrogen-bond acceptors (Lipinski definition) is 8. The summed E-state index contributed by atoms with van der Waals surface area (Å²) in [4.78, 5) is 35.2. The van der Waals surface area contributed by atoms with E-state index in [1.165, 1.54) is 18.9 Å². The zero-order valence-electron chi connectivity index (χ0n) is 16.4. The first-order valence-corrected chi connectivity index (χ1v) is 11.3. The van der Waals surface area contributed by atoms with Crippen LogP contribution in [0.3, 0.4) is 0 Å². The molecule has 7 nitrogen and oxygen atoms in total. The van der Waals surface area contributed by atoms with Crippen LogP contribution < -0.4 is 0 Å². The average molecular weight is 434 g/mol. The molecule has 9 heteroatoms. The van der Waals surface area contributed by atoms with E-state index in [2.05, 4.69) is 0 Å². The number of amidine groups is 1. The minimum Gasteiger partial charge on any atom is -0.466 e. The van der Waals surface area contributed by atoms with Gasteiger partial charge in [0.2, 0.25) is 5.91 Å². The molecule has 0 bridgehead atoms. The van der Waals surface area contributed by atoms with Crippen molar-refractivity contribution in [1.82, 2.24) is 9.80 Å². The molecule has 29 heavy (non-hydrogen) atoms. The number of hydrogen-bond donors (Lipinski definition) is 0. The Hall–Kier alpha value is -2.10. The minimum absolute atomic E-state index is 0.0659. The highest BCUT2D eigenvalue weighted by atomic mass is 32.2. The van der Waals surface area contributed by atoms with Crippen LogP contribution in [0.1, 0.15) is 30.7 Å². The summed E-state index contributed by atoms with van der Waals surface area (Å²) in [6, 6.07) is 3.65. The van der Waals surface area contributed by atoms with Crippen LogP contribution in [0.25, 0.3) is 0 Å². The predicted octanol–water partition coefficient (Wildman–Crippen LogP) is 3.14. The second kappa shape index (κ2) is 8.73. The molecule has 3 aliphatic heterocycles. The Bertz CT molecular complexity index is 886. The third-order valence-corrected chi connectivity index (χ3v) is 6.95. The molecular formula is C20H23N3O4S2. The largest absolute Gasteiger partial charge is 0.466 e. The standard InChI is InChI=1S/C20H23N3O4S2/c1-3-14-17(19(25)26-2)18(15-5-4-10-28-15)23-13(12-29-20(23)21-14)11-16(24)22-6-8-27-9-7-22/h4-5,10,12,18H,3,6-9,11H2,1-2H3/t18-/m1/s1. The lowest BCUT2D eigenvalue weighted by molar-refractivity contribution is -0.136. The number of nitrogens with zero attached hydrogens (tertiary/aromatic N) is 3. The van der Waals surface area contributed by atoms with E-state index in [0.29, 0.717) is 38.3 Å². The molecule has 1 aromatic heterocycles. The van der Waals surface area contributed by atoms with Crippen molar-refractivity contribution in [3.8, 4) is 0 Å². The number of methoxy groups -OCH3 is 1. The number of carbonyl (C=O) groups excluding carboxylic acids is 2. The van der Waals surface area contributed by atoms with E-state index in [1.807, 2.05) is 39.6 Å². The van der Waals surface area contributed by atoms with Crippen molar-refractivity contribution >= 4 is 40.1 Å². The van der Waals surface area contributed by atoms with Gasteiger partial charge in [0.05, 0.1) is 38.0 Å². The molecule has 0 N–H and O–H groups in total. The zero-order valence-corrected chi connectivity index (χ0v) is 18.1. The highest BCUT2D eigenvalue weighted by molar-refractivity contribution is 8.16. The van der Waals surface area contributed by atoms with Gasteiger partial charge < -0.3 is 19.3 Å². The maximum atomic E-state index is 12.9. The molecule has 3 aliphatic rings. The molecule has 0 unspecified atom stereocenters. The summed E-state index contributed by atoms with van der Waals surface area (Å²) in [6.07, 6.45) is 0.899. The second-order valence-electron chi connectivity index (χ2n) is 6.78. The Kier molecular flexibility index (Phi) is 6.07. The van der Waals surface area contributed by atoms with Gasteiger partial charge in [-0.15, -0.1) is 11.3 Å². The highest BCUT2D eigenvalue weighted by Crippen LogP contribution is 2.46. The first-order valence-electron chi connectivity index (χ1n) is 9.58. The van der Waals surface area contributed by atoms with Gasteiger partial charge in [-0.05, 0) is 23.3 Å². The van der Waals surface area contributed by atoms with Gasteiger partial charge in [0, 0.05) is 23.7 Å². The van der Waals surface area contributed by atoms with Crippen molar-refractivity contribution < 1.29 is 19.1 Å². The summed E-state index contributed by atoms with van der Waals surface area (Å²) in [7, 11) is 1.39. The molecule has 1 atom stereocenters. The van der Waals surface area contributed by atoms with E-state index < -0.39 is 0 Å². The Morgan fingerprint density at radius 3 is 2.79 bits per heavy atom. The summed E-state index contributed by atoms with van der Waals surface area (Å²) < 4.78 is 10.5. The number of morpholine rings is 1. The number of ether oxygens (including phenoxy) is 2. The molecule has 154 valence electrons. The number of thiophene rings is 1. The Labute approximate surface area is 178 Å². The van der Waals surface area contributed by atoms with Crippen LogP contribution in [0.2, 0.25) is 0 Å². The lowest BCUT2D eigenvalue weighted by Crippen LogP contribution is -2.42. The van der Waals surface area contributed by atoms with E-state index in [9.17, 15) is 9.59 Å². The summed E-state index contributed by atoms with van der Waals surface area (Å²) in [6.45, 7) is 4.36. The van der Waals surface area contributed by atoms with Crippen molar-refractivity contribution in [2.45, 2.75) is 25.8 Å². The predicted molar refractivity (Wildman–Crippen MR) is 113 cm³/mol. The van der Waals surface area contributed by atoms with E-state index in [1.54, 1.807) is 11.3 Å². The Morgan fingerprint density at radius 2 is 2.14 bits per heavy atom. The summed E-state index contributed by atoms with van der Waals surface area (Å²) in [5.74, 6) is -0.310. The maximum Gasteiger partial charge on any atom is 0.338 e. The summed E-state index contributed by atoms with van der Waals surface area (Å²) in [5.41, 5.74) is 2.15. The van der Waals surface area contributed by atoms with Crippen LogP contribution >= 0.6 is 23.1 Å². The van der Waals surface area contributed by atoms with Crippen molar-refractivity contribution in [2.24, 2.45) is 4.99 Å². The van der Waals surface area contributed by atoms with Gasteiger partial charge >= 0.3 is 5.97 Å². The number of allylic oxidation sites excluding steroid dienone is 1. The van der Waals surface area contributed by atoms with Crippen LogP contribution in [0.5, 0.6) is 0 Å². The number of fused-ring (bicyclic) bond motifs is 1. The van der Waals surface area contributed by atoms with Gasteiger partial charge in [-0.2, -0.15) is 0 Å². The lowest BCUT2D eigenvalue weighted by atomic mass is 9.98. The van der Waals surface area contributed by atoms with Gasteiger partial charge in [-0.1, -0.05) is 24.8 Å². The Balaban J connectivity index is 1.67. The van der Waals surface area contributed by atoms with Crippen molar-refractivity contribution in [2.75, 3.05) is 33.4 Å². The summed E-state index contributed by atoms with van der Waals surface area (Å²) in [5, 5.41) is 4.77. The maximum absolute atomic E-state index is 12.9. The number of esters is 1. The minimum atomic E-state index is -0.376. The van der Waals surface area contributed by atoms with Gasteiger partial charge in [-0.3, -0.25) is 4.79 Å². The quantitative estimate of drug-likeness (QED) is 0.665. The molecule has 1 aromatic rings. The molecule has 4 rings (SSSR count). The number of carbonyl (C=O) groups is 2. The monoisotopic (exact) mass is 433 g/mol. The van der Waals surface area contributed by atoms with Gasteiger partial charge in [0.15, 0.2) is 5.17 Å². The normalized spacial score (nSPS) is 21.7. The van der Waals surface area contributed by atoms with Crippen LogP contribution in [0, 0.1) is 0 Å². The number of thioether (sulfide) groups is 1. The molecule has 1 amide bonds. The molecule has 1 fully saturated rings. The van der Waals surface area contributed by atoms with Gasteiger partial charge in [0.1, 0.15) is 6.04 Å². The van der Waals surface area contributed by atoms with Crippen molar-refractivity contribution in [3.63, 3.8) is 0 Å². The smallest absolute Gasteiger partial charge is 0.338 e. The number of rotatable bonds is 5. The molecule has 0 aromatic carbocycles. The fourth-order valence-electron chi connectivity index (χ4n) is 3.71. The van der Waals surface area contributed by atoms with Crippen molar-refractivity contribution in [3.05, 3.63) is 44.8 Å². The van der Waals surface area contributed by atoms with Crippen molar-refractivity contribution in [1.29, 1.82) is 0 Å². The van der Waals surface area contributed by atoms with Gasteiger partial charge in [-0.25, -0.2) is 9.79 Å². The first-order chi connectivity index (χ1) is 14.1. The number of amides is 1. The third-order valence-electron chi connectivity index (χ3n) is 5.14. The molecule has 1 saturated heterocycles. The fourth-order valence-corrected chi connectivity index (χ4v) is 5.47. The van der Waals surface area contributed by atoms with Crippen LogP contribution in [0.15, 0.2) is 44.9 Å². The van der Waals surface area contributed by atoms with Gasteiger partial charge in [0.25, 0.3) is 0 Å².